The van der Waals surface area contributed by atoms with Gasteiger partial charge >= 0.3 is 0 Å². The molecule has 10 nitrogen and oxygen atoms in total. The van der Waals surface area contributed by atoms with Gasteiger partial charge in [-0.2, -0.15) is 0 Å². The van der Waals surface area contributed by atoms with Crippen LogP contribution in [0.2, 0.25) is 0 Å². The molecule has 0 saturated carbocycles. The lowest BCUT2D eigenvalue weighted by molar-refractivity contribution is -0.111. The highest BCUT2D eigenvalue weighted by atomic mass is 19.2. The molecule has 1 aliphatic heterocycles. The minimum Gasteiger partial charge on any atom is -0.395 e. The molecule has 5 rings (SSSR count). The zero-order valence-corrected chi connectivity index (χ0v) is 20.4. The van der Waals surface area contributed by atoms with E-state index in [1.165, 1.54) is 28.9 Å². The number of benzene rings is 2. The molecule has 3 N–H and O–H groups in total. The highest BCUT2D eigenvalue weighted by molar-refractivity contribution is 5.99. The van der Waals surface area contributed by atoms with Crippen LogP contribution < -0.4 is 15.5 Å². The molecule has 0 spiro atoms. The highest BCUT2D eigenvalue weighted by Crippen LogP contribution is 2.29. The molecule has 1 fully saturated rings. The Bertz CT molecular complexity index is 1480. The average molecular weight is 521 g/mol. The van der Waals surface area contributed by atoms with E-state index in [0.717, 1.165) is 0 Å². The molecule has 0 atom stereocenters. The molecule has 2 aromatic heterocycles. The largest absolute Gasteiger partial charge is 0.395 e. The number of hydrogen-bond donors (Lipinski definition) is 3. The lowest BCUT2D eigenvalue weighted by Gasteiger charge is -2.36. The summed E-state index contributed by atoms with van der Waals surface area (Å²) in [7, 11) is 0. The fourth-order valence-electron chi connectivity index (χ4n) is 4.34. The van der Waals surface area contributed by atoms with E-state index in [9.17, 15) is 4.79 Å². The minimum atomic E-state index is -1.03. The van der Waals surface area contributed by atoms with E-state index in [0.29, 0.717) is 55.3 Å². The maximum atomic E-state index is 15.1. The number of rotatable bonds is 8. The van der Waals surface area contributed by atoms with Gasteiger partial charge in [-0.05, 0) is 30.3 Å². The van der Waals surface area contributed by atoms with E-state index in [-0.39, 0.29) is 29.8 Å². The summed E-state index contributed by atoms with van der Waals surface area (Å²) in [4.78, 5) is 24.1. The SMILES string of the molecule is C=CC(=O)Nc1cccc(-c2ncc3cnc(Nc4ccc(N5CCN(CCO)CC5)c(F)c4F)nn23)c1. The van der Waals surface area contributed by atoms with Crippen LogP contribution in [0, 0.1) is 11.6 Å². The van der Waals surface area contributed by atoms with Crippen molar-refractivity contribution in [2.45, 2.75) is 0 Å². The van der Waals surface area contributed by atoms with Crippen molar-refractivity contribution in [3.63, 3.8) is 0 Å². The lowest BCUT2D eigenvalue weighted by Crippen LogP contribution is -2.47. The molecule has 12 heteroatoms. The van der Waals surface area contributed by atoms with Crippen LogP contribution in [0.5, 0.6) is 0 Å². The zero-order chi connectivity index (χ0) is 26.6. The molecule has 1 amide bonds. The van der Waals surface area contributed by atoms with Crippen molar-refractivity contribution in [1.29, 1.82) is 0 Å². The van der Waals surface area contributed by atoms with Gasteiger partial charge in [-0.3, -0.25) is 9.69 Å². The molecular formula is C26H26F2N8O2. The van der Waals surface area contributed by atoms with Crippen molar-refractivity contribution < 1.29 is 18.7 Å². The molecule has 0 aliphatic carbocycles. The molecule has 1 saturated heterocycles. The summed E-state index contributed by atoms with van der Waals surface area (Å²) in [6.07, 6.45) is 4.28. The highest BCUT2D eigenvalue weighted by Gasteiger charge is 2.23. The predicted molar refractivity (Wildman–Crippen MR) is 140 cm³/mol. The smallest absolute Gasteiger partial charge is 0.247 e. The van der Waals surface area contributed by atoms with E-state index < -0.39 is 11.6 Å². The normalized spacial score (nSPS) is 14.0. The van der Waals surface area contributed by atoms with Crippen LogP contribution in [-0.2, 0) is 4.79 Å². The molecular weight excluding hydrogens is 494 g/mol. The van der Waals surface area contributed by atoms with E-state index in [1.54, 1.807) is 29.3 Å². The third-order valence-corrected chi connectivity index (χ3v) is 6.29. The number of fused-ring (bicyclic) bond motifs is 1. The van der Waals surface area contributed by atoms with Gasteiger partial charge < -0.3 is 20.6 Å². The van der Waals surface area contributed by atoms with Crippen LogP contribution in [-0.4, -0.2) is 74.8 Å². The number of carbonyl (C=O) groups excluding carboxylic acids is 1. The van der Waals surface area contributed by atoms with Gasteiger partial charge in [0.25, 0.3) is 0 Å². The number of imidazole rings is 1. The zero-order valence-electron chi connectivity index (χ0n) is 20.4. The second-order valence-corrected chi connectivity index (χ2v) is 8.71. The molecule has 2 aromatic carbocycles. The number of nitrogens with zero attached hydrogens (tertiary/aromatic N) is 6. The molecule has 1 aliphatic rings. The van der Waals surface area contributed by atoms with Crippen molar-refractivity contribution in [3.8, 4) is 11.4 Å². The van der Waals surface area contributed by atoms with Gasteiger partial charge in [-0.25, -0.2) is 23.3 Å². The van der Waals surface area contributed by atoms with Gasteiger partial charge in [-0.15, -0.1) is 5.10 Å². The van der Waals surface area contributed by atoms with Gasteiger partial charge in [0.05, 0.1) is 30.4 Å². The number of halogens is 2. The number of aromatic nitrogens is 4. The quantitative estimate of drug-likeness (QED) is 0.304. The van der Waals surface area contributed by atoms with Gasteiger partial charge in [0.2, 0.25) is 11.9 Å². The number of β-amino-alcohol motifs (C(OH)–C–C–N with tert-alkyl or cyclic N) is 1. The molecule has 38 heavy (non-hydrogen) atoms. The van der Waals surface area contributed by atoms with Crippen LogP contribution >= 0.6 is 0 Å². The second-order valence-electron chi connectivity index (χ2n) is 8.71. The molecule has 0 radical (unpaired) electrons. The van der Waals surface area contributed by atoms with Gasteiger partial charge in [0.15, 0.2) is 17.5 Å². The lowest BCUT2D eigenvalue weighted by atomic mass is 10.2. The monoisotopic (exact) mass is 520 g/mol. The van der Waals surface area contributed by atoms with Crippen molar-refractivity contribution in [1.82, 2.24) is 24.5 Å². The summed E-state index contributed by atoms with van der Waals surface area (Å²) in [5.74, 6) is -1.79. The van der Waals surface area contributed by atoms with Crippen molar-refractivity contribution in [2.24, 2.45) is 0 Å². The Morgan fingerprint density at radius 2 is 1.87 bits per heavy atom. The number of aliphatic hydroxyl groups excluding tert-OH is 1. The molecule has 4 aromatic rings. The standard InChI is InChI=1S/C26H26F2N8O2/c1-2-22(38)31-18-5-3-4-17(14-18)25-29-15-19-16-30-26(33-36(19)25)32-20-6-7-21(24(28)23(20)27)35-10-8-34(9-11-35)12-13-37/h2-7,14-16,37H,1,8-13H2,(H,31,38)(H,32,33). The first-order valence-electron chi connectivity index (χ1n) is 12.0. The van der Waals surface area contributed by atoms with Crippen molar-refractivity contribution in [3.05, 3.63) is 73.1 Å². The van der Waals surface area contributed by atoms with Crippen LogP contribution in [0.3, 0.4) is 0 Å². The Kier molecular flexibility index (Phi) is 7.24. The van der Waals surface area contributed by atoms with Gasteiger partial charge in [-0.1, -0.05) is 18.7 Å². The van der Waals surface area contributed by atoms with Crippen LogP contribution in [0.25, 0.3) is 16.9 Å². The molecule has 0 bridgehead atoms. The summed E-state index contributed by atoms with van der Waals surface area (Å²) in [6.45, 7) is 6.46. The van der Waals surface area contributed by atoms with Crippen LogP contribution in [0.15, 0.2) is 61.4 Å². The van der Waals surface area contributed by atoms with E-state index in [1.807, 2.05) is 6.07 Å². The van der Waals surface area contributed by atoms with Gasteiger partial charge in [0, 0.05) is 44.0 Å². The number of hydrogen-bond acceptors (Lipinski definition) is 8. The number of amides is 1. The number of nitrogens with one attached hydrogen (secondary N) is 2. The van der Waals surface area contributed by atoms with Crippen molar-refractivity contribution in [2.75, 3.05) is 54.9 Å². The van der Waals surface area contributed by atoms with E-state index in [2.05, 4.69) is 37.2 Å². The Morgan fingerprint density at radius 1 is 1.08 bits per heavy atom. The number of piperazine rings is 1. The Morgan fingerprint density at radius 3 is 2.63 bits per heavy atom. The van der Waals surface area contributed by atoms with Gasteiger partial charge in [0.1, 0.15) is 5.52 Å². The second kappa shape index (κ2) is 10.9. The molecule has 3 heterocycles. The Balaban J connectivity index is 1.37. The average Bonchev–Trinajstić information content (AvgIpc) is 3.36. The summed E-state index contributed by atoms with van der Waals surface area (Å²) in [5.41, 5.74) is 1.92. The first kappa shape index (κ1) is 25.2. The maximum Gasteiger partial charge on any atom is 0.247 e. The third-order valence-electron chi connectivity index (χ3n) is 6.29. The number of carbonyl (C=O) groups is 1. The third kappa shape index (κ3) is 5.17. The van der Waals surface area contributed by atoms with E-state index >= 15 is 8.78 Å². The van der Waals surface area contributed by atoms with Crippen LogP contribution in [0.1, 0.15) is 0 Å². The fourth-order valence-corrected chi connectivity index (χ4v) is 4.34. The number of aliphatic hydroxyl groups is 1. The van der Waals surface area contributed by atoms with Crippen molar-refractivity contribution >= 4 is 34.4 Å². The summed E-state index contributed by atoms with van der Waals surface area (Å²) < 4.78 is 31.6. The minimum absolute atomic E-state index is 0.0523. The first-order valence-corrected chi connectivity index (χ1v) is 12.0. The molecule has 196 valence electrons. The summed E-state index contributed by atoms with van der Waals surface area (Å²) in [6, 6.07) is 10.0. The van der Waals surface area contributed by atoms with E-state index in [4.69, 9.17) is 5.11 Å². The Hall–Kier alpha value is -4.42. The maximum absolute atomic E-state index is 15.1. The first-order chi connectivity index (χ1) is 18.5. The predicted octanol–water partition coefficient (Wildman–Crippen LogP) is 3.05. The fraction of sp³-hybridized carbons (Fsp3) is 0.231. The Labute approximate surface area is 217 Å². The molecule has 0 unspecified atom stereocenters. The summed E-state index contributed by atoms with van der Waals surface area (Å²) >= 11 is 0. The summed E-state index contributed by atoms with van der Waals surface area (Å²) in [5, 5.41) is 19.0. The topological polar surface area (TPSA) is 111 Å². The van der Waals surface area contributed by atoms with Crippen LogP contribution in [0.4, 0.5) is 31.8 Å². The number of anilines is 4.